The Hall–Kier alpha value is -2.04. The highest BCUT2D eigenvalue weighted by atomic mass is 16.4. The minimum atomic E-state index is -1.01. The van der Waals surface area contributed by atoms with Crippen LogP contribution in [-0.4, -0.2) is 22.6 Å². The number of aromatic carboxylic acids is 1. The average molecular weight is 248 g/mol. The van der Waals surface area contributed by atoms with E-state index in [4.69, 9.17) is 5.11 Å². The van der Waals surface area contributed by atoms with Crippen LogP contribution in [0.2, 0.25) is 0 Å². The summed E-state index contributed by atoms with van der Waals surface area (Å²) in [5.74, 6) is -1.01. The van der Waals surface area contributed by atoms with E-state index in [0.717, 1.165) is 18.4 Å². The van der Waals surface area contributed by atoms with E-state index in [2.05, 4.69) is 10.6 Å². The summed E-state index contributed by atoms with van der Waals surface area (Å²) in [6.45, 7) is 3.80. The number of carbonyl (C=O) groups is 2. The van der Waals surface area contributed by atoms with Crippen LogP contribution in [0.25, 0.3) is 0 Å². The van der Waals surface area contributed by atoms with E-state index in [-0.39, 0.29) is 17.1 Å². The largest absolute Gasteiger partial charge is 0.478 e. The normalized spacial score (nSPS) is 15.9. The second-order valence-electron chi connectivity index (χ2n) is 4.97. The van der Waals surface area contributed by atoms with Crippen molar-refractivity contribution in [3.8, 4) is 0 Å². The predicted octanol–water partition coefficient (Wildman–Crippen LogP) is 2.37. The summed E-state index contributed by atoms with van der Waals surface area (Å²) in [5, 5.41) is 14.4. The van der Waals surface area contributed by atoms with Gasteiger partial charge >= 0.3 is 12.0 Å². The molecule has 5 heteroatoms. The number of rotatable bonds is 3. The molecule has 0 saturated heterocycles. The van der Waals surface area contributed by atoms with Gasteiger partial charge in [-0.1, -0.05) is 6.07 Å². The Labute approximate surface area is 105 Å². The fourth-order valence-corrected chi connectivity index (χ4v) is 1.63. The molecule has 1 aromatic carbocycles. The third-order valence-electron chi connectivity index (χ3n) is 3.15. The van der Waals surface area contributed by atoms with Crippen LogP contribution in [0, 0.1) is 6.92 Å². The Morgan fingerprint density at radius 1 is 1.33 bits per heavy atom. The van der Waals surface area contributed by atoms with E-state index in [0.29, 0.717) is 5.69 Å². The predicted molar refractivity (Wildman–Crippen MR) is 67.9 cm³/mol. The number of anilines is 1. The van der Waals surface area contributed by atoms with Crippen LogP contribution in [0.3, 0.4) is 0 Å². The highest BCUT2D eigenvalue weighted by molar-refractivity contribution is 5.94. The topological polar surface area (TPSA) is 78.4 Å². The second kappa shape index (κ2) is 4.33. The van der Waals surface area contributed by atoms with Crippen LogP contribution >= 0.6 is 0 Å². The van der Waals surface area contributed by atoms with Gasteiger partial charge in [0, 0.05) is 11.2 Å². The molecule has 1 fully saturated rings. The number of carbonyl (C=O) groups excluding carboxylic acids is 1. The third kappa shape index (κ3) is 2.80. The quantitative estimate of drug-likeness (QED) is 0.768. The zero-order chi connectivity index (χ0) is 13.3. The standard InChI is InChI=1S/C13H16N2O3/c1-8-3-4-9(11(16)17)7-10(8)14-12(18)15-13(2)5-6-13/h3-4,7H,5-6H2,1-2H3,(H,16,17)(H2,14,15,18). The first kappa shape index (κ1) is 12.4. The van der Waals surface area contributed by atoms with Gasteiger partial charge in [0.2, 0.25) is 0 Å². The lowest BCUT2D eigenvalue weighted by molar-refractivity contribution is 0.0697. The fraction of sp³-hybridized carbons (Fsp3) is 0.385. The summed E-state index contributed by atoms with van der Waals surface area (Å²) < 4.78 is 0. The lowest BCUT2D eigenvalue weighted by Crippen LogP contribution is -2.37. The van der Waals surface area contributed by atoms with Gasteiger partial charge in [-0.2, -0.15) is 0 Å². The SMILES string of the molecule is Cc1ccc(C(=O)O)cc1NC(=O)NC1(C)CC1. The molecule has 2 rings (SSSR count). The molecule has 1 aliphatic rings. The van der Waals surface area contributed by atoms with Gasteiger partial charge < -0.3 is 15.7 Å². The first-order chi connectivity index (χ1) is 8.39. The van der Waals surface area contributed by atoms with E-state index in [1.54, 1.807) is 6.07 Å². The molecule has 2 amide bonds. The molecule has 3 N–H and O–H groups in total. The average Bonchev–Trinajstić information content (AvgIpc) is 2.98. The Morgan fingerprint density at radius 3 is 2.56 bits per heavy atom. The lowest BCUT2D eigenvalue weighted by atomic mass is 10.1. The number of benzene rings is 1. The van der Waals surface area contributed by atoms with Crippen molar-refractivity contribution in [2.75, 3.05) is 5.32 Å². The highest BCUT2D eigenvalue weighted by Gasteiger charge is 2.38. The van der Waals surface area contributed by atoms with Crippen LogP contribution in [-0.2, 0) is 0 Å². The maximum absolute atomic E-state index is 11.7. The van der Waals surface area contributed by atoms with Gasteiger partial charge in [-0.05, 0) is 44.4 Å². The number of hydrogen-bond acceptors (Lipinski definition) is 2. The Morgan fingerprint density at radius 2 is 2.00 bits per heavy atom. The van der Waals surface area contributed by atoms with Crippen molar-refractivity contribution in [1.29, 1.82) is 0 Å². The van der Waals surface area contributed by atoms with Gasteiger partial charge in [0.05, 0.1) is 5.56 Å². The van der Waals surface area contributed by atoms with Crippen molar-refractivity contribution in [3.05, 3.63) is 29.3 Å². The number of carboxylic acids is 1. The highest BCUT2D eigenvalue weighted by Crippen LogP contribution is 2.34. The molecule has 5 nitrogen and oxygen atoms in total. The van der Waals surface area contributed by atoms with Crippen LogP contribution in [0.5, 0.6) is 0 Å². The van der Waals surface area contributed by atoms with Gasteiger partial charge in [-0.15, -0.1) is 0 Å². The summed E-state index contributed by atoms with van der Waals surface area (Å²) in [7, 11) is 0. The van der Waals surface area contributed by atoms with E-state index >= 15 is 0 Å². The van der Waals surface area contributed by atoms with Crippen LogP contribution in [0.4, 0.5) is 10.5 Å². The van der Waals surface area contributed by atoms with Crippen molar-refractivity contribution in [3.63, 3.8) is 0 Å². The van der Waals surface area contributed by atoms with Crippen LogP contribution in [0.15, 0.2) is 18.2 Å². The number of urea groups is 1. The van der Waals surface area contributed by atoms with Gasteiger partial charge in [0.25, 0.3) is 0 Å². The first-order valence-corrected chi connectivity index (χ1v) is 5.83. The lowest BCUT2D eigenvalue weighted by Gasteiger charge is -2.14. The van der Waals surface area contributed by atoms with Gasteiger partial charge in [-0.25, -0.2) is 9.59 Å². The van der Waals surface area contributed by atoms with Crippen LogP contribution < -0.4 is 10.6 Å². The van der Waals surface area contributed by atoms with Crippen LogP contribution in [0.1, 0.15) is 35.7 Å². The molecule has 1 saturated carbocycles. The third-order valence-corrected chi connectivity index (χ3v) is 3.15. The molecule has 0 aliphatic heterocycles. The molecular weight excluding hydrogens is 232 g/mol. The van der Waals surface area contributed by atoms with E-state index in [1.165, 1.54) is 12.1 Å². The number of amides is 2. The van der Waals surface area contributed by atoms with Gasteiger partial charge in [0.1, 0.15) is 0 Å². The molecule has 0 spiro atoms. The molecule has 18 heavy (non-hydrogen) atoms. The number of hydrogen-bond donors (Lipinski definition) is 3. The molecule has 0 atom stereocenters. The Kier molecular flexibility index (Phi) is 2.98. The van der Waals surface area contributed by atoms with E-state index < -0.39 is 5.97 Å². The maximum atomic E-state index is 11.7. The van der Waals surface area contributed by atoms with Gasteiger partial charge in [0.15, 0.2) is 0 Å². The minimum Gasteiger partial charge on any atom is -0.478 e. The second-order valence-corrected chi connectivity index (χ2v) is 4.97. The molecule has 96 valence electrons. The number of aryl methyl sites for hydroxylation is 1. The zero-order valence-corrected chi connectivity index (χ0v) is 10.4. The molecular formula is C13H16N2O3. The smallest absolute Gasteiger partial charge is 0.335 e. The zero-order valence-electron chi connectivity index (χ0n) is 10.4. The summed E-state index contributed by atoms with van der Waals surface area (Å²) in [4.78, 5) is 22.6. The molecule has 0 unspecified atom stereocenters. The van der Waals surface area contributed by atoms with Crippen molar-refractivity contribution in [2.45, 2.75) is 32.2 Å². The number of nitrogens with one attached hydrogen (secondary N) is 2. The molecule has 0 heterocycles. The Balaban J connectivity index is 2.10. The van der Waals surface area contributed by atoms with Crippen molar-refractivity contribution in [1.82, 2.24) is 5.32 Å². The maximum Gasteiger partial charge on any atom is 0.335 e. The summed E-state index contributed by atoms with van der Waals surface area (Å²) in [6.07, 6.45) is 1.96. The van der Waals surface area contributed by atoms with E-state index in [9.17, 15) is 9.59 Å². The minimum absolute atomic E-state index is 0.0948. The van der Waals surface area contributed by atoms with Crippen molar-refractivity contribution >= 4 is 17.7 Å². The summed E-state index contributed by atoms with van der Waals surface area (Å²) in [5.41, 5.74) is 1.42. The summed E-state index contributed by atoms with van der Waals surface area (Å²) >= 11 is 0. The van der Waals surface area contributed by atoms with Crippen molar-refractivity contribution < 1.29 is 14.7 Å². The molecule has 0 radical (unpaired) electrons. The fourth-order valence-electron chi connectivity index (χ4n) is 1.63. The van der Waals surface area contributed by atoms with Gasteiger partial charge in [-0.3, -0.25) is 0 Å². The number of carboxylic acid groups (broad SMARTS) is 1. The Bertz CT molecular complexity index is 507. The molecule has 1 aromatic rings. The first-order valence-electron chi connectivity index (χ1n) is 5.83. The van der Waals surface area contributed by atoms with E-state index in [1.807, 2.05) is 13.8 Å². The monoisotopic (exact) mass is 248 g/mol. The summed E-state index contributed by atoms with van der Waals surface area (Å²) in [6, 6.07) is 4.37. The van der Waals surface area contributed by atoms with Crippen molar-refractivity contribution in [2.24, 2.45) is 0 Å². The molecule has 0 aromatic heterocycles. The molecule has 1 aliphatic carbocycles. The molecule has 0 bridgehead atoms.